The largest absolute Gasteiger partial charge is 0.504 e. The predicted molar refractivity (Wildman–Crippen MR) is 99.1 cm³/mol. The molecule has 26 heavy (non-hydrogen) atoms. The predicted octanol–water partition coefficient (Wildman–Crippen LogP) is 3.66. The molecule has 1 amide bonds. The Morgan fingerprint density at radius 3 is 2.62 bits per heavy atom. The van der Waals surface area contributed by atoms with Gasteiger partial charge in [-0.15, -0.1) is 0 Å². The molecule has 134 valence electrons. The molecule has 0 bridgehead atoms. The van der Waals surface area contributed by atoms with E-state index in [0.29, 0.717) is 21.7 Å². The molecule has 1 aromatic heterocycles. The van der Waals surface area contributed by atoms with Crippen LogP contribution in [0.15, 0.2) is 39.5 Å². The van der Waals surface area contributed by atoms with E-state index in [1.165, 1.54) is 12.1 Å². The topological polar surface area (TPSA) is 99.8 Å². The number of rotatable bonds is 3. The third-order valence-corrected chi connectivity index (χ3v) is 4.70. The number of amides is 1. The van der Waals surface area contributed by atoms with Crippen LogP contribution in [-0.4, -0.2) is 16.1 Å². The maximum atomic E-state index is 12.4. The zero-order chi connectivity index (χ0) is 19.0. The Bertz CT molecular complexity index is 1090. The van der Waals surface area contributed by atoms with Crippen LogP contribution in [-0.2, 0) is 11.2 Å². The van der Waals surface area contributed by atoms with Crippen LogP contribution >= 0.6 is 11.6 Å². The van der Waals surface area contributed by atoms with Gasteiger partial charge in [0.15, 0.2) is 11.3 Å². The van der Waals surface area contributed by atoms with E-state index in [9.17, 15) is 19.8 Å². The number of phenols is 2. The molecule has 0 radical (unpaired) electrons. The van der Waals surface area contributed by atoms with E-state index in [4.69, 9.17) is 16.0 Å². The molecule has 3 rings (SSSR count). The summed E-state index contributed by atoms with van der Waals surface area (Å²) in [7, 11) is 0. The second-order valence-corrected chi connectivity index (χ2v) is 6.35. The van der Waals surface area contributed by atoms with Crippen LogP contribution in [0, 0.1) is 13.8 Å². The molecular formula is C19H16ClNO5. The minimum atomic E-state index is -0.742. The van der Waals surface area contributed by atoms with Crippen LogP contribution in [0.25, 0.3) is 11.0 Å². The molecule has 0 saturated heterocycles. The van der Waals surface area contributed by atoms with E-state index in [-0.39, 0.29) is 23.3 Å². The van der Waals surface area contributed by atoms with Crippen LogP contribution in [0.4, 0.5) is 5.69 Å². The van der Waals surface area contributed by atoms with E-state index in [2.05, 4.69) is 5.32 Å². The molecular weight excluding hydrogens is 358 g/mol. The Morgan fingerprint density at radius 1 is 1.15 bits per heavy atom. The molecule has 0 saturated carbocycles. The highest BCUT2D eigenvalue weighted by Gasteiger charge is 2.18. The number of hydrogen-bond acceptors (Lipinski definition) is 5. The number of nitrogens with one attached hydrogen (secondary N) is 1. The third-order valence-electron chi connectivity index (χ3n) is 4.29. The maximum Gasteiger partial charge on any atom is 0.340 e. The summed E-state index contributed by atoms with van der Waals surface area (Å²) >= 11 is 6.04. The van der Waals surface area contributed by atoms with Gasteiger partial charge in [-0.1, -0.05) is 17.7 Å². The highest BCUT2D eigenvalue weighted by atomic mass is 35.5. The monoisotopic (exact) mass is 373 g/mol. The lowest BCUT2D eigenvalue weighted by molar-refractivity contribution is -0.115. The minimum absolute atomic E-state index is 0.109. The highest BCUT2D eigenvalue weighted by molar-refractivity contribution is 6.31. The van der Waals surface area contributed by atoms with Gasteiger partial charge in [0.25, 0.3) is 0 Å². The Balaban J connectivity index is 1.96. The van der Waals surface area contributed by atoms with Gasteiger partial charge in [0, 0.05) is 16.1 Å². The number of carbonyl (C=O) groups excluding carboxylic acids is 1. The van der Waals surface area contributed by atoms with Crippen LogP contribution in [0.2, 0.25) is 5.02 Å². The van der Waals surface area contributed by atoms with Crippen molar-refractivity contribution < 1.29 is 19.4 Å². The van der Waals surface area contributed by atoms with Crippen molar-refractivity contribution in [3.05, 3.63) is 62.5 Å². The molecule has 6 nitrogen and oxygen atoms in total. The zero-order valence-corrected chi connectivity index (χ0v) is 14.8. The van der Waals surface area contributed by atoms with E-state index >= 15 is 0 Å². The molecule has 0 aliphatic rings. The number of anilines is 1. The molecule has 7 heteroatoms. The summed E-state index contributed by atoms with van der Waals surface area (Å²) in [4.78, 5) is 24.6. The fourth-order valence-electron chi connectivity index (χ4n) is 2.73. The van der Waals surface area contributed by atoms with Crippen molar-refractivity contribution in [1.82, 2.24) is 0 Å². The fourth-order valence-corrected chi connectivity index (χ4v) is 2.91. The van der Waals surface area contributed by atoms with Gasteiger partial charge >= 0.3 is 5.63 Å². The van der Waals surface area contributed by atoms with Gasteiger partial charge in [0.2, 0.25) is 11.7 Å². The van der Waals surface area contributed by atoms with Gasteiger partial charge in [-0.05, 0) is 49.2 Å². The van der Waals surface area contributed by atoms with E-state index in [0.717, 1.165) is 5.56 Å². The van der Waals surface area contributed by atoms with Crippen molar-refractivity contribution in [2.45, 2.75) is 20.3 Å². The highest BCUT2D eigenvalue weighted by Crippen LogP contribution is 2.34. The Hall–Kier alpha value is -2.99. The van der Waals surface area contributed by atoms with Crippen molar-refractivity contribution in [2.75, 3.05) is 5.32 Å². The number of benzene rings is 2. The molecule has 0 fully saturated rings. The summed E-state index contributed by atoms with van der Waals surface area (Å²) in [6, 6.07) is 7.97. The van der Waals surface area contributed by atoms with E-state index in [1.807, 2.05) is 0 Å². The lowest BCUT2D eigenvalue weighted by Crippen LogP contribution is -2.21. The van der Waals surface area contributed by atoms with Crippen LogP contribution in [0.1, 0.15) is 16.7 Å². The number of aryl methyl sites for hydroxylation is 1. The van der Waals surface area contributed by atoms with Crippen molar-refractivity contribution in [2.24, 2.45) is 0 Å². The molecule has 0 aliphatic heterocycles. The third kappa shape index (κ3) is 3.11. The first-order chi connectivity index (χ1) is 12.3. The standard InChI is InChI=1S/C19H16ClNO5/c1-9-11-6-7-15(22)17(24)18(11)26-19(25)12(9)8-16(23)21-14-5-3-4-13(20)10(14)2/h3-7,22,24H,8H2,1-2H3,(H,21,23). The average molecular weight is 374 g/mol. The average Bonchev–Trinajstić information content (AvgIpc) is 2.59. The van der Waals surface area contributed by atoms with E-state index in [1.54, 1.807) is 32.0 Å². The number of hydrogen-bond donors (Lipinski definition) is 3. The Morgan fingerprint density at radius 2 is 1.88 bits per heavy atom. The summed E-state index contributed by atoms with van der Waals surface area (Å²) < 4.78 is 5.11. The molecule has 0 unspecified atom stereocenters. The lowest BCUT2D eigenvalue weighted by Gasteiger charge is -2.11. The second-order valence-electron chi connectivity index (χ2n) is 5.94. The number of halogens is 1. The van der Waals surface area contributed by atoms with Gasteiger partial charge in [0.1, 0.15) is 0 Å². The number of fused-ring (bicyclic) bond motifs is 1. The smallest absolute Gasteiger partial charge is 0.340 e. The molecule has 3 N–H and O–H groups in total. The van der Waals surface area contributed by atoms with Gasteiger partial charge in [0.05, 0.1) is 12.0 Å². The van der Waals surface area contributed by atoms with E-state index < -0.39 is 17.3 Å². The summed E-state index contributed by atoms with van der Waals surface area (Å²) in [6.07, 6.45) is -0.197. The normalized spacial score (nSPS) is 10.9. The Labute approximate surface area is 153 Å². The van der Waals surface area contributed by atoms with Crippen molar-refractivity contribution in [3.63, 3.8) is 0 Å². The minimum Gasteiger partial charge on any atom is -0.504 e. The summed E-state index contributed by atoms with van der Waals surface area (Å²) in [5.41, 5.74) is 1.12. The van der Waals surface area contributed by atoms with Gasteiger partial charge in [-0.25, -0.2) is 4.79 Å². The van der Waals surface area contributed by atoms with Gasteiger partial charge in [-0.2, -0.15) is 0 Å². The summed E-state index contributed by atoms with van der Waals surface area (Å²) in [6.45, 7) is 3.44. The van der Waals surface area contributed by atoms with Crippen molar-refractivity contribution in [3.8, 4) is 11.5 Å². The first-order valence-corrected chi connectivity index (χ1v) is 8.19. The zero-order valence-electron chi connectivity index (χ0n) is 14.1. The summed E-state index contributed by atoms with van der Waals surface area (Å²) in [5, 5.41) is 23.1. The van der Waals surface area contributed by atoms with Crippen LogP contribution in [0.3, 0.4) is 0 Å². The quantitative estimate of drug-likeness (QED) is 0.480. The van der Waals surface area contributed by atoms with Crippen molar-refractivity contribution >= 4 is 34.2 Å². The second kappa shape index (κ2) is 6.72. The molecule has 2 aromatic carbocycles. The molecule has 3 aromatic rings. The lowest BCUT2D eigenvalue weighted by atomic mass is 10.0. The number of phenolic OH excluding ortho intramolecular Hbond substituents is 2. The SMILES string of the molecule is Cc1c(Cl)cccc1NC(=O)Cc1c(C)c2ccc(O)c(O)c2oc1=O. The van der Waals surface area contributed by atoms with Gasteiger partial charge < -0.3 is 19.9 Å². The molecule has 0 aliphatic carbocycles. The fraction of sp³-hybridized carbons (Fsp3) is 0.158. The molecule has 0 atom stereocenters. The molecule has 0 spiro atoms. The summed E-state index contributed by atoms with van der Waals surface area (Å²) in [5.74, 6) is -1.29. The Kier molecular flexibility index (Phi) is 4.61. The van der Waals surface area contributed by atoms with Crippen LogP contribution in [0.5, 0.6) is 11.5 Å². The van der Waals surface area contributed by atoms with Crippen LogP contribution < -0.4 is 10.9 Å². The molecule has 1 heterocycles. The first kappa shape index (κ1) is 17.8. The number of aromatic hydroxyl groups is 2. The maximum absolute atomic E-state index is 12.4. The number of carbonyl (C=O) groups is 1. The van der Waals surface area contributed by atoms with Gasteiger partial charge in [-0.3, -0.25) is 4.79 Å². The first-order valence-electron chi connectivity index (χ1n) is 7.81. The van der Waals surface area contributed by atoms with Crippen molar-refractivity contribution in [1.29, 1.82) is 0 Å².